The van der Waals surface area contributed by atoms with Crippen molar-refractivity contribution in [1.82, 2.24) is 9.80 Å². The van der Waals surface area contributed by atoms with Crippen molar-refractivity contribution in [1.29, 1.82) is 0 Å². The van der Waals surface area contributed by atoms with Gasteiger partial charge in [0.15, 0.2) is 0 Å². The van der Waals surface area contributed by atoms with Gasteiger partial charge in [0.2, 0.25) is 0 Å². The number of aliphatic carboxylic acids is 1. The van der Waals surface area contributed by atoms with Gasteiger partial charge in [0.05, 0.1) is 18.3 Å². The molecule has 2 heterocycles. The van der Waals surface area contributed by atoms with Crippen molar-refractivity contribution in [3.05, 3.63) is 62.9 Å². The monoisotopic (exact) mass is 606 g/mol. The highest BCUT2D eigenvalue weighted by Crippen LogP contribution is 2.46. The summed E-state index contributed by atoms with van der Waals surface area (Å²) in [6, 6.07) is 7.39. The highest BCUT2D eigenvalue weighted by molar-refractivity contribution is 6.34. The van der Waals surface area contributed by atoms with Crippen LogP contribution in [0.5, 0.6) is 5.75 Å². The van der Waals surface area contributed by atoms with Crippen molar-refractivity contribution in [3.8, 4) is 5.75 Å². The van der Waals surface area contributed by atoms with Crippen LogP contribution in [-0.2, 0) is 4.79 Å². The molecule has 2 N–H and O–H groups in total. The number of carbonyl (C=O) groups is 2. The molecule has 0 bridgehead atoms. The number of carboxylic acids is 1. The number of piperidine rings is 1. The van der Waals surface area contributed by atoms with Gasteiger partial charge in [-0.3, -0.25) is 9.69 Å². The first-order valence-corrected chi connectivity index (χ1v) is 15.0. The minimum Gasteiger partial charge on any atom is -0.493 e. The van der Waals surface area contributed by atoms with E-state index in [4.69, 9.17) is 27.9 Å². The molecule has 2 aliphatic heterocycles. The number of hydrogen-bond donors (Lipinski definition) is 2. The van der Waals surface area contributed by atoms with Crippen LogP contribution in [0.25, 0.3) is 0 Å². The number of carboxylic acid groups (broad SMARTS) is 1. The summed E-state index contributed by atoms with van der Waals surface area (Å²) in [5.41, 5.74) is 1.57. The maximum Gasteiger partial charge on any atom is 0.326 e. The van der Waals surface area contributed by atoms with Crippen LogP contribution in [0.1, 0.15) is 79.9 Å². The fourth-order valence-corrected chi connectivity index (χ4v) is 6.69. The second-order valence-corrected chi connectivity index (χ2v) is 13.2. The quantitative estimate of drug-likeness (QED) is 0.374. The van der Waals surface area contributed by atoms with E-state index in [-0.39, 0.29) is 29.5 Å². The first-order chi connectivity index (χ1) is 19.4. The van der Waals surface area contributed by atoms with E-state index in [1.807, 2.05) is 12.1 Å². The Labute approximate surface area is 250 Å². The zero-order valence-electron chi connectivity index (χ0n) is 23.6. The summed E-state index contributed by atoms with van der Waals surface area (Å²) in [5, 5.41) is 21.1. The summed E-state index contributed by atoms with van der Waals surface area (Å²) in [6.07, 6.45) is 2.66. The van der Waals surface area contributed by atoms with Gasteiger partial charge < -0.3 is 19.8 Å². The number of hydrogen-bond acceptors (Lipinski definition) is 5. The van der Waals surface area contributed by atoms with Gasteiger partial charge >= 0.3 is 5.97 Å². The molecule has 4 atom stereocenters. The molecule has 222 valence electrons. The van der Waals surface area contributed by atoms with Gasteiger partial charge in [-0.25, -0.2) is 9.18 Å². The summed E-state index contributed by atoms with van der Waals surface area (Å²) >= 11 is 12.4. The smallest absolute Gasteiger partial charge is 0.326 e. The Morgan fingerprint density at radius 1 is 1.12 bits per heavy atom. The van der Waals surface area contributed by atoms with Crippen molar-refractivity contribution in [2.45, 2.75) is 70.6 Å². The molecule has 1 aliphatic carbocycles. The lowest BCUT2D eigenvalue weighted by Gasteiger charge is -2.42. The number of aliphatic hydroxyl groups excluding tert-OH is 1. The van der Waals surface area contributed by atoms with Crippen LogP contribution in [-0.4, -0.2) is 70.3 Å². The van der Waals surface area contributed by atoms with Gasteiger partial charge in [0.1, 0.15) is 17.6 Å². The van der Waals surface area contributed by atoms with Gasteiger partial charge in [0.25, 0.3) is 5.91 Å². The molecule has 1 saturated carbocycles. The van der Waals surface area contributed by atoms with Crippen molar-refractivity contribution < 1.29 is 28.9 Å². The lowest BCUT2D eigenvalue weighted by molar-refractivity contribution is -0.142. The molecule has 41 heavy (non-hydrogen) atoms. The summed E-state index contributed by atoms with van der Waals surface area (Å²) in [7, 11) is 0. The number of nitrogens with zero attached hydrogens (tertiary/aromatic N) is 2. The minimum atomic E-state index is -1.21. The van der Waals surface area contributed by atoms with E-state index < -0.39 is 35.8 Å². The molecule has 2 saturated heterocycles. The topological polar surface area (TPSA) is 90.3 Å². The van der Waals surface area contributed by atoms with Gasteiger partial charge in [-0.05, 0) is 87.0 Å². The second kappa shape index (κ2) is 11.7. The van der Waals surface area contributed by atoms with Crippen molar-refractivity contribution in [2.24, 2.45) is 11.3 Å². The molecule has 1 unspecified atom stereocenters. The molecule has 2 aromatic rings. The minimum absolute atomic E-state index is 0.107. The highest BCUT2D eigenvalue weighted by Gasteiger charge is 2.46. The average Bonchev–Trinajstić information content (AvgIpc) is 3.71. The number of halogens is 3. The second-order valence-electron chi connectivity index (χ2n) is 12.3. The first kappa shape index (κ1) is 30.1. The maximum atomic E-state index is 15.4. The highest BCUT2D eigenvalue weighted by atomic mass is 35.5. The third-order valence-electron chi connectivity index (χ3n) is 9.18. The molecule has 0 spiro atoms. The van der Waals surface area contributed by atoms with E-state index in [1.165, 1.54) is 12.1 Å². The normalized spacial score (nSPS) is 25.2. The number of likely N-dealkylation sites (tertiary alicyclic amines) is 2. The van der Waals surface area contributed by atoms with Crippen molar-refractivity contribution >= 4 is 35.1 Å². The van der Waals surface area contributed by atoms with E-state index in [0.717, 1.165) is 54.8 Å². The van der Waals surface area contributed by atoms with E-state index >= 15 is 4.39 Å². The molecular weight excluding hydrogens is 570 g/mol. The van der Waals surface area contributed by atoms with Crippen LogP contribution in [0.2, 0.25) is 10.0 Å². The molecule has 2 aromatic carbocycles. The van der Waals surface area contributed by atoms with Crippen LogP contribution < -0.4 is 4.74 Å². The fraction of sp³-hybridized carbons (Fsp3) is 0.548. The standard InChI is InChI=1S/C31H37Cl2FN2O5/c1-17-26(37)15-36(28(17)30(39)40)29(38)24-13-23(19-4-5-19)27(14-25(24)34)41-16-31(3)6-8-35(9-7-31)18(2)20-10-21(32)12-22(33)11-20/h10-14,17-19,26,28,37H,4-9,15-16H2,1-3H3,(H,39,40)/t17?,18-,26+,28-/m0/s1. The van der Waals surface area contributed by atoms with Crippen LogP contribution in [0.3, 0.4) is 0 Å². The Kier molecular flexibility index (Phi) is 8.59. The molecular formula is C31H37Cl2FN2O5. The fourth-order valence-electron chi connectivity index (χ4n) is 6.15. The molecule has 0 aromatic heterocycles. The molecule has 7 nitrogen and oxygen atoms in total. The summed E-state index contributed by atoms with van der Waals surface area (Å²) < 4.78 is 21.7. The number of rotatable bonds is 8. The van der Waals surface area contributed by atoms with Gasteiger partial charge in [-0.2, -0.15) is 0 Å². The van der Waals surface area contributed by atoms with E-state index in [1.54, 1.807) is 13.0 Å². The van der Waals surface area contributed by atoms with Gasteiger partial charge in [-0.1, -0.05) is 37.0 Å². The van der Waals surface area contributed by atoms with E-state index in [2.05, 4.69) is 18.7 Å². The predicted octanol–water partition coefficient (Wildman–Crippen LogP) is 6.16. The van der Waals surface area contributed by atoms with Crippen LogP contribution in [0.4, 0.5) is 4.39 Å². The Morgan fingerprint density at radius 2 is 1.76 bits per heavy atom. The lowest BCUT2D eigenvalue weighted by atomic mass is 9.80. The summed E-state index contributed by atoms with van der Waals surface area (Å²) in [6.45, 7) is 7.92. The number of amides is 1. The van der Waals surface area contributed by atoms with Gasteiger partial charge in [-0.15, -0.1) is 0 Å². The SMILES string of the molecule is CC1[C@H](O)CN(C(=O)c2cc(C3CC3)c(OCC3(C)CCN([C@@H](C)c4cc(Cl)cc(Cl)c4)CC3)cc2F)[C@@H]1C(=O)O. The number of ether oxygens (including phenoxy) is 1. The number of aliphatic hydroxyl groups is 1. The van der Waals surface area contributed by atoms with Crippen molar-refractivity contribution in [2.75, 3.05) is 26.2 Å². The Morgan fingerprint density at radius 3 is 2.34 bits per heavy atom. The van der Waals surface area contributed by atoms with Crippen LogP contribution >= 0.6 is 23.2 Å². The lowest BCUT2D eigenvalue weighted by Crippen LogP contribution is -2.43. The Bertz CT molecular complexity index is 1310. The van der Waals surface area contributed by atoms with Crippen LogP contribution in [0, 0.1) is 17.2 Å². The van der Waals surface area contributed by atoms with Gasteiger partial charge in [0, 0.05) is 40.0 Å². The largest absolute Gasteiger partial charge is 0.493 e. The molecule has 10 heteroatoms. The Balaban J connectivity index is 1.27. The number of benzene rings is 2. The molecule has 3 aliphatic rings. The third-order valence-corrected chi connectivity index (χ3v) is 9.62. The van der Waals surface area contributed by atoms with Crippen molar-refractivity contribution in [3.63, 3.8) is 0 Å². The zero-order valence-corrected chi connectivity index (χ0v) is 25.1. The number of carbonyl (C=O) groups excluding carboxylic acids is 1. The zero-order chi connectivity index (χ0) is 29.6. The average molecular weight is 608 g/mol. The maximum absolute atomic E-state index is 15.4. The predicted molar refractivity (Wildman–Crippen MR) is 155 cm³/mol. The molecule has 5 rings (SSSR count). The summed E-state index contributed by atoms with van der Waals surface area (Å²) in [4.78, 5) is 28.6. The number of β-amino-alcohol motifs (C(OH)–C–C–N with tert-alkyl or cyclic N) is 1. The van der Waals surface area contributed by atoms with Crippen LogP contribution in [0.15, 0.2) is 30.3 Å². The third kappa shape index (κ3) is 6.36. The Hall–Kier alpha value is -2.39. The van der Waals surface area contributed by atoms with E-state index in [0.29, 0.717) is 22.4 Å². The molecule has 0 radical (unpaired) electrons. The summed E-state index contributed by atoms with van der Waals surface area (Å²) in [5.74, 6) is -2.71. The van der Waals surface area contributed by atoms with E-state index in [9.17, 15) is 19.8 Å². The molecule has 3 fully saturated rings. The molecule has 1 amide bonds. The first-order valence-electron chi connectivity index (χ1n) is 14.2.